The summed E-state index contributed by atoms with van der Waals surface area (Å²) < 4.78 is 27.2. The van der Waals surface area contributed by atoms with Crippen molar-refractivity contribution in [2.45, 2.75) is 37.8 Å². The third kappa shape index (κ3) is 6.17. The van der Waals surface area contributed by atoms with Gasteiger partial charge in [-0.2, -0.15) is 4.31 Å². The van der Waals surface area contributed by atoms with Gasteiger partial charge in [0.15, 0.2) is 0 Å². The van der Waals surface area contributed by atoms with Crippen LogP contribution in [0.5, 0.6) is 0 Å². The molecule has 7 heteroatoms. The lowest BCUT2D eigenvalue weighted by Crippen LogP contribution is -2.48. The molecule has 0 aromatic heterocycles. The minimum atomic E-state index is -3.45. The lowest BCUT2D eigenvalue weighted by molar-refractivity contribution is 0.0940. The SMILES string of the molecule is CCc1ccc([C@@H](C)NC(=O)c2ccc(CN3CCN(S(=O)(=O)c4ccccc4)CC3)cc2)cc1. The maximum atomic E-state index is 12.8. The fourth-order valence-corrected chi connectivity index (χ4v) is 5.74. The third-order valence-corrected chi connectivity index (χ3v) is 8.48. The van der Waals surface area contributed by atoms with Crippen LogP contribution in [0.15, 0.2) is 83.8 Å². The standard InChI is InChI=1S/C28H33N3O3S/c1-3-23-9-13-25(14-10-23)22(2)29-28(32)26-15-11-24(12-16-26)21-30-17-19-31(20-18-30)35(33,34)27-7-5-4-6-8-27/h4-16,22H,3,17-21H2,1-2H3,(H,29,32)/t22-/m1/s1. The topological polar surface area (TPSA) is 69.7 Å². The Bertz CT molecular complexity index is 1220. The summed E-state index contributed by atoms with van der Waals surface area (Å²) in [5.74, 6) is -0.0941. The van der Waals surface area contributed by atoms with Crippen molar-refractivity contribution in [1.82, 2.24) is 14.5 Å². The highest BCUT2D eigenvalue weighted by Crippen LogP contribution is 2.19. The predicted octanol–water partition coefficient (Wildman–Crippen LogP) is 4.25. The Morgan fingerprint density at radius 3 is 2.06 bits per heavy atom. The van der Waals surface area contributed by atoms with E-state index in [9.17, 15) is 13.2 Å². The van der Waals surface area contributed by atoms with Crippen LogP contribution in [0.1, 0.15) is 46.9 Å². The lowest BCUT2D eigenvalue weighted by Gasteiger charge is -2.34. The number of nitrogens with zero attached hydrogens (tertiary/aromatic N) is 2. The van der Waals surface area contributed by atoms with Gasteiger partial charge in [-0.15, -0.1) is 0 Å². The molecule has 0 unspecified atom stereocenters. The highest BCUT2D eigenvalue weighted by atomic mass is 32.2. The summed E-state index contributed by atoms with van der Waals surface area (Å²) in [7, 11) is -3.45. The molecule has 0 bridgehead atoms. The Kier molecular flexibility index (Phi) is 8.00. The van der Waals surface area contributed by atoms with Gasteiger partial charge >= 0.3 is 0 Å². The molecule has 4 rings (SSSR count). The molecule has 1 atom stereocenters. The molecule has 0 radical (unpaired) electrons. The van der Waals surface area contributed by atoms with Crippen molar-refractivity contribution in [3.05, 3.63) is 101 Å². The van der Waals surface area contributed by atoms with Gasteiger partial charge in [-0.05, 0) is 54.3 Å². The van der Waals surface area contributed by atoms with Gasteiger partial charge in [0.05, 0.1) is 10.9 Å². The fourth-order valence-electron chi connectivity index (χ4n) is 4.29. The zero-order chi connectivity index (χ0) is 24.8. The summed E-state index contributed by atoms with van der Waals surface area (Å²) in [6.45, 7) is 7.11. The quantitative estimate of drug-likeness (QED) is 0.512. The van der Waals surface area contributed by atoms with Gasteiger partial charge in [0, 0.05) is 38.3 Å². The first-order valence-corrected chi connectivity index (χ1v) is 13.6. The largest absolute Gasteiger partial charge is 0.346 e. The number of nitrogens with one attached hydrogen (secondary N) is 1. The van der Waals surface area contributed by atoms with Crippen molar-refractivity contribution in [1.29, 1.82) is 0 Å². The monoisotopic (exact) mass is 491 g/mol. The summed E-state index contributed by atoms with van der Waals surface area (Å²) in [6.07, 6.45) is 0.996. The van der Waals surface area contributed by atoms with Crippen molar-refractivity contribution in [3.8, 4) is 0 Å². The molecule has 1 N–H and O–H groups in total. The van der Waals surface area contributed by atoms with Crippen LogP contribution in [-0.2, 0) is 23.0 Å². The number of rotatable bonds is 8. The van der Waals surface area contributed by atoms with E-state index >= 15 is 0 Å². The highest BCUT2D eigenvalue weighted by Gasteiger charge is 2.28. The minimum Gasteiger partial charge on any atom is -0.346 e. The van der Waals surface area contributed by atoms with Crippen molar-refractivity contribution in [2.24, 2.45) is 0 Å². The lowest BCUT2D eigenvalue weighted by atomic mass is 10.0. The first-order valence-electron chi connectivity index (χ1n) is 12.1. The van der Waals surface area contributed by atoms with E-state index in [0.29, 0.717) is 36.6 Å². The number of carbonyl (C=O) groups excluding carboxylic acids is 1. The summed E-state index contributed by atoms with van der Waals surface area (Å²) in [5.41, 5.74) is 4.09. The molecule has 1 fully saturated rings. The second-order valence-corrected chi connectivity index (χ2v) is 10.9. The smallest absolute Gasteiger partial charge is 0.251 e. The van der Waals surface area contributed by atoms with Gasteiger partial charge < -0.3 is 5.32 Å². The van der Waals surface area contributed by atoms with E-state index in [0.717, 1.165) is 24.1 Å². The zero-order valence-electron chi connectivity index (χ0n) is 20.4. The average molecular weight is 492 g/mol. The number of sulfonamides is 1. The maximum Gasteiger partial charge on any atom is 0.251 e. The van der Waals surface area contributed by atoms with Crippen LogP contribution in [0.25, 0.3) is 0 Å². The van der Waals surface area contributed by atoms with E-state index in [1.54, 1.807) is 28.6 Å². The van der Waals surface area contributed by atoms with Crippen LogP contribution >= 0.6 is 0 Å². The molecule has 0 spiro atoms. The van der Waals surface area contributed by atoms with E-state index in [1.165, 1.54) is 5.56 Å². The molecule has 1 heterocycles. The van der Waals surface area contributed by atoms with Crippen molar-refractivity contribution in [2.75, 3.05) is 26.2 Å². The summed E-state index contributed by atoms with van der Waals surface area (Å²) >= 11 is 0. The molecule has 6 nitrogen and oxygen atoms in total. The van der Waals surface area contributed by atoms with Crippen molar-refractivity contribution in [3.63, 3.8) is 0 Å². The molecule has 1 aliphatic rings. The van der Waals surface area contributed by atoms with Gasteiger partial charge in [-0.1, -0.05) is 61.5 Å². The van der Waals surface area contributed by atoms with E-state index in [1.807, 2.05) is 37.3 Å². The molecule has 0 aliphatic carbocycles. The van der Waals surface area contributed by atoms with E-state index in [-0.39, 0.29) is 11.9 Å². The number of hydrogen-bond acceptors (Lipinski definition) is 4. The molecular weight excluding hydrogens is 458 g/mol. The van der Waals surface area contributed by atoms with Gasteiger partial charge in [0.1, 0.15) is 0 Å². The van der Waals surface area contributed by atoms with Gasteiger partial charge in [0.25, 0.3) is 5.91 Å². The number of benzene rings is 3. The van der Waals surface area contributed by atoms with Crippen LogP contribution in [0.3, 0.4) is 0 Å². The Balaban J connectivity index is 1.29. The average Bonchev–Trinajstić information content (AvgIpc) is 2.90. The van der Waals surface area contributed by atoms with E-state index in [4.69, 9.17) is 0 Å². The molecule has 1 saturated heterocycles. The van der Waals surface area contributed by atoms with Crippen LogP contribution < -0.4 is 5.32 Å². The second kappa shape index (κ2) is 11.2. The van der Waals surface area contributed by atoms with Crippen molar-refractivity contribution < 1.29 is 13.2 Å². The first kappa shape index (κ1) is 25.1. The van der Waals surface area contributed by atoms with Gasteiger partial charge in [-0.3, -0.25) is 9.69 Å². The maximum absolute atomic E-state index is 12.8. The summed E-state index contributed by atoms with van der Waals surface area (Å²) in [6, 6.07) is 24.5. The van der Waals surface area contributed by atoms with E-state index < -0.39 is 10.0 Å². The Hall–Kier alpha value is -3.00. The molecule has 35 heavy (non-hydrogen) atoms. The number of hydrogen-bond donors (Lipinski definition) is 1. The third-order valence-electron chi connectivity index (χ3n) is 6.57. The molecule has 3 aromatic carbocycles. The number of aryl methyl sites for hydroxylation is 1. The van der Waals surface area contributed by atoms with Crippen LogP contribution in [0.2, 0.25) is 0 Å². The minimum absolute atomic E-state index is 0.0726. The second-order valence-electron chi connectivity index (χ2n) is 8.98. The highest BCUT2D eigenvalue weighted by molar-refractivity contribution is 7.89. The first-order chi connectivity index (χ1) is 16.9. The molecule has 1 amide bonds. The fraction of sp³-hybridized carbons (Fsp3) is 0.321. The molecule has 184 valence electrons. The summed E-state index contributed by atoms with van der Waals surface area (Å²) in [5, 5.41) is 3.07. The molecule has 0 saturated carbocycles. The number of carbonyl (C=O) groups is 1. The predicted molar refractivity (Wildman–Crippen MR) is 139 cm³/mol. The Morgan fingerprint density at radius 1 is 0.857 bits per heavy atom. The Labute approximate surface area is 208 Å². The van der Waals surface area contributed by atoms with Crippen molar-refractivity contribution >= 4 is 15.9 Å². The van der Waals surface area contributed by atoms with Crippen LogP contribution in [0.4, 0.5) is 0 Å². The number of piperazine rings is 1. The normalized spacial score (nSPS) is 16.1. The Morgan fingerprint density at radius 2 is 1.46 bits per heavy atom. The van der Waals surface area contributed by atoms with Gasteiger partial charge in [0.2, 0.25) is 10.0 Å². The van der Waals surface area contributed by atoms with Crippen LogP contribution in [-0.4, -0.2) is 49.7 Å². The molecule has 1 aliphatic heterocycles. The van der Waals surface area contributed by atoms with Crippen LogP contribution in [0, 0.1) is 0 Å². The summed E-state index contributed by atoms with van der Waals surface area (Å²) in [4.78, 5) is 15.3. The zero-order valence-corrected chi connectivity index (χ0v) is 21.2. The van der Waals surface area contributed by atoms with E-state index in [2.05, 4.69) is 41.4 Å². The number of amides is 1. The molecular formula is C28H33N3O3S. The molecule has 3 aromatic rings. The van der Waals surface area contributed by atoms with Gasteiger partial charge in [-0.25, -0.2) is 8.42 Å².